The highest BCUT2D eigenvalue weighted by atomic mass is 32.2. The molecule has 1 N–H and O–H groups in total. The van der Waals surface area contributed by atoms with Crippen molar-refractivity contribution >= 4 is 10.0 Å². The first-order chi connectivity index (χ1) is 9.98. The van der Waals surface area contributed by atoms with Gasteiger partial charge in [0.2, 0.25) is 10.0 Å². The van der Waals surface area contributed by atoms with Crippen LogP contribution in [0.15, 0.2) is 23.1 Å². The maximum atomic E-state index is 12.8. The van der Waals surface area contributed by atoms with Crippen LogP contribution in [-0.2, 0) is 16.6 Å². The van der Waals surface area contributed by atoms with Crippen molar-refractivity contribution in [2.24, 2.45) is 5.92 Å². The van der Waals surface area contributed by atoms with Crippen LogP contribution in [0, 0.1) is 12.8 Å². The highest BCUT2D eigenvalue weighted by Crippen LogP contribution is 2.31. The summed E-state index contributed by atoms with van der Waals surface area (Å²) in [4.78, 5) is 0.420. The van der Waals surface area contributed by atoms with E-state index in [0.717, 1.165) is 30.5 Å². The van der Waals surface area contributed by atoms with E-state index in [1.807, 2.05) is 32.9 Å². The van der Waals surface area contributed by atoms with Gasteiger partial charge in [0.25, 0.3) is 0 Å². The van der Waals surface area contributed by atoms with E-state index in [2.05, 4.69) is 5.32 Å². The van der Waals surface area contributed by atoms with Crippen LogP contribution < -0.4 is 5.32 Å². The molecule has 0 aliphatic heterocycles. The van der Waals surface area contributed by atoms with E-state index in [1.165, 1.54) is 0 Å². The summed E-state index contributed by atoms with van der Waals surface area (Å²) < 4.78 is 27.2. The van der Waals surface area contributed by atoms with Crippen LogP contribution >= 0.6 is 0 Å². The molecule has 4 nitrogen and oxygen atoms in total. The van der Waals surface area contributed by atoms with Crippen LogP contribution in [0.2, 0.25) is 0 Å². The fourth-order valence-electron chi connectivity index (χ4n) is 2.39. The minimum Gasteiger partial charge on any atom is -0.313 e. The minimum atomic E-state index is -3.36. The van der Waals surface area contributed by atoms with Gasteiger partial charge in [-0.05, 0) is 55.5 Å². The molecule has 1 aliphatic carbocycles. The maximum Gasteiger partial charge on any atom is 0.243 e. The highest BCUT2D eigenvalue weighted by Gasteiger charge is 2.30. The third-order valence-corrected chi connectivity index (χ3v) is 5.97. The first-order valence-corrected chi connectivity index (χ1v) is 9.23. The summed E-state index contributed by atoms with van der Waals surface area (Å²) in [5.74, 6) is 0.561. The molecule has 21 heavy (non-hydrogen) atoms. The van der Waals surface area contributed by atoms with Gasteiger partial charge in [0.15, 0.2) is 0 Å². The Morgan fingerprint density at radius 1 is 1.29 bits per heavy atom. The molecule has 0 aromatic heterocycles. The zero-order valence-corrected chi connectivity index (χ0v) is 14.0. The van der Waals surface area contributed by atoms with Crippen molar-refractivity contribution in [3.05, 3.63) is 29.3 Å². The van der Waals surface area contributed by atoms with Gasteiger partial charge in [-0.1, -0.05) is 19.9 Å². The molecular weight excluding hydrogens is 284 g/mol. The normalized spacial score (nSPS) is 15.6. The lowest BCUT2D eigenvalue weighted by Crippen LogP contribution is -2.33. The van der Waals surface area contributed by atoms with Crippen LogP contribution in [0.25, 0.3) is 0 Å². The van der Waals surface area contributed by atoms with Gasteiger partial charge in [-0.3, -0.25) is 0 Å². The molecule has 0 bridgehead atoms. The number of benzene rings is 1. The second-order valence-electron chi connectivity index (χ2n) is 5.77. The van der Waals surface area contributed by atoms with Crippen LogP contribution in [0.5, 0.6) is 0 Å². The average molecular weight is 310 g/mol. The molecule has 0 heterocycles. The molecule has 0 radical (unpaired) electrons. The zero-order valence-electron chi connectivity index (χ0n) is 13.2. The van der Waals surface area contributed by atoms with Crippen LogP contribution in [0.1, 0.15) is 37.8 Å². The van der Waals surface area contributed by atoms with E-state index in [-0.39, 0.29) is 0 Å². The van der Waals surface area contributed by atoms with Gasteiger partial charge in [0.1, 0.15) is 0 Å². The van der Waals surface area contributed by atoms with Crippen molar-refractivity contribution in [3.63, 3.8) is 0 Å². The average Bonchev–Trinajstić information content (AvgIpc) is 3.27. The molecule has 0 saturated heterocycles. The Morgan fingerprint density at radius 2 is 2.00 bits per heavy atom. The van der Waals surface area contributed by atoms with Gasteiger partial charge in [-0.15, -0.1) is 0 Å². The molecule has 0 amide bonds. The lowest BCUT2D eigenvalue weighted by atomic mass is 10.1. The summed E-state index contributed by atoms with van der Waals surface area (Å²) in [6, 6.07) is 5.46. The summed E-state index contributed by atoms with van der Waals surface area (Å²) in [6.45, 7) is 8.76. The van der Waals surface area contributed by atoms with Gasteiger partial charge >= 0.3 is 0 Å². The van der Waals surface area contributed by atoms with Crippen LogP contribution in [0.3, 0.4) is 0 Å². The van der Waals surface area contributed by atoms with Gasteiger partial charge in [0, 0.05) is 19.6 Å². The van der Waals surface area contributed by atoms with Gasteiger partial charge in [-0.2, -0.15) is 4.31 Å². The van der Waals surface area contributed by atoms with Crippen molar-refractivity contribution in [1.29, 1.82) is 0 Å². The van der Waals surface area contributed by atoms with E-state index in [0.29, 0.717) is 30.4 Å². The second-order valence-corrected chi connectivity index (χ2v) is 7.71. The molecular formula is C16H26N2O2S. The first kappa shape index (κ1) is 16.5. The van der Waals surface area contributed by atoms with Crippen molar-refractivity contribution in [1.82, 2.24) is 9.62 Å². The van der Waals surface area contributed by atoms with Crippen molar-refractivity contribution in [3.8, 4) is 0 Å². The molecule has 1 aromatic carbocycles. The van der Waals surface area contributed by atoms with Crippen molar-refractivity contribution < 1.29 is 8.42 Å². The molecule has 1 fully saturated rings. The Hall–Kier alpha value is -0.910. The third-order valence-electron chi connectivity index (χ3n) is 4.04. The van der Waals surface area contributed by atoms with E-state index >= 15 is 0 Å². The Morgan fingerprint density at radius 3 is 2.57 bits per heavy atom. The quantitative estimate of drug-likeness (QED) is 0.802. The lowest BCUT2D eigenvalue weighted by Gasteiger charge is -2.21. The summed E-state index contributed by atoms with van der Waals surface area (Å²) in [6.07, 6.45) is 2.32. The van der Waals surface area contributed by atoms with Crippen molar-refractivity contribution in [2.75, 3.05) is 19.6 Å². The second kappa shape index (κ2) is 6.90. The Labute approximate surface area is 128 Å². The number of nitrogens with one attached hydrogen (secondary N) is 1. The Bertz CT molecular complexity index is 580. The molecule has 0 atom stereocenters. The minimum absolute atomic E-state index is 0.420. The predicted octanol–water partition coefficient (Wildman–Crippen LogP) is 2.53. The maximum absolute atomic E-state index is 12.8. The lowest BCUT2D eigenvalue weighted by molar-refractivity contribution is 0.412. The molecule has 1 aliphatic rings. The Kier molecular flexibility index (Phi) is 5.41. The summed E-state index contributed by atoms with van der Waals surface area (Å²) in [5, 5.41) is 3.26. The number of rotatable bonds is 8. The molecule has 118 valence electrons. The van der Waals surface area contributed by atoms with Gasteiger partial charge < -0.3 is 5.32 Å². The monoisotopic (exact) mass is 310 g/mol. The van der Waals surface area contributed by atoms with Gasteiger partial charge in [0.05, 0.1) is 4.90 Å². The SMILES string of the molecule is CCNCc1cc(S(=O)(=O)N(CC)CC2CC2)ccc1C. The fourth-order valence-corrected chi connectivity index (χ4v) is 3.97. The number of hydrogen-bond acceptors (Lipinski definition) is 3. The van der Waals surface area contributed by atoms with E-state index in [4.69, 9.17) is 0 Å². The van der Waals surface area contributed by atoms with Crippen LogP contribution in [-0.4, -0.2) is 32.4 Å². The summed E-state index contributed by atoms with van der Waals surface area (Å²) in [7, 11) is -3.36. The highest BCUT2D eigenvalue weighted by molar-refractivity contribution is 7.89. The molecule has 0 spiro atoms. The zero-order chi connectivity index (χ0) is 15.5. The number of sulfonamides is 1. The molecule has 5 heteroatoms. The number of aryl methyl sites for hydroxylation is 1. The Balaban J connectivity index is 2.25. The fraction of sp³-hybridized carbons (Fsp3) is 0.625. The largest absolute Gasteiger partial charge is 0.313 e. The molecule has 2 rings (SSSR count). The van der Waals surface area contributed by atoms with E-state index < -0.39 is 10.0 Å². The summed E-state index contributed by atoms with van der Waals surface area (Å²) in [5.41, 5.74) is 2.18. The number of hydrogen-bond donors (Lipinski definition) is 1. The van der Waals surface area contributed by atoms with E-state index in [1.54, 1.807) is 10.4 Å². The van der Waals surface area contributed by atoms with E-state index in [9.17, 15) is 8.42 Å². The molecule has 1 aromatic rings. The topological polar surface area (TPSA) is 49.4 Å². The smallest absolute Gasteiger partial charge is 0.243 e. The molecule has 0 unspecified atom stereocenters. The third kappa shape index (κ3) is 4.05. The standard InChI is InChI=1S/C16H26N2O2S/c1-4-17-11-15-10-16(9-6-13(15)3)21(19,20)18(5-2)12-14-7-8-14/h6,9-10,14,17H,4-5,7-8,11-12H2,1-3H3. The van der Waals surface area contributed by atoms with Gasteiger partial charge in [-0.25, -0.2) is 8.42 Å². The predicted molar refractivity (Wildman–Crippen MR) is 85.7 cm³/mol. The first-order valence-electron chi connectivity index (χ1n) is 7.79. The van der Waals surface area contributed by atoms with Crippen molar-refractivity contribution in [2.45, 2.75) is 45.1 Å². The summed E-state index contributed by atoms with van der Waals surface area (Å²) >= 11 is 0. The van der Waals surface area contributed by atoms with Crippen LogP contribution in [0.4, 0.5) is 0 Å². The number of nitrogens with zero attached hydrogens (tertiary/aromatic N) is 1. The molecule has 1 saturated carbocycles.